The summed E-state index contributed by atoms with van der Waals surface area (Å²) in [6.45, 7) is 7.62. The summed E-state index contributed by atoms with van der Waals surface area (Å²) in [5.41, 5.74) is -3.14. The van der Waals surface area contributed by atoms with Crippen LogP contribution in [-0.4, -0.2) is 102 Å². The van der Waals surface area contributed by atoms with Crippen LogP contribution in [0.25, 0.3) is 0 Å². The summed E-state index contributed by atoms with van der Waals surface area (Å²) in [6.07, 6.45) is 5.90. The van der Waals surface area contributed by atoms with Crippen molar-refractivity contribution in [3.05, 3.63) is 0 Å². The van der Waals surface area contributed by atoms with Crippen LogP contribution in [0.5, 0.6) is 0 Å². The molecule has 5 fully saturated rings. The first kappa shape index (κ1) is 37.1. The molecule has 3 aliphatic carbocycles. The Balaban J connectivity index is 1.34. The Morgan fingerprint density at radius 2 is 1.69 bits per heavy atom. The minimum Gasteiger partial charge on any atom is -0.359 e. The van der Waals surface area contributed by atoms with Gasteiger partial charge in [-0.25, -0.2) is 13.2 Å². The fourth-order valence-electron chi connectivity index (χ4n) is 7.59. The Kier molecular flexibility index (Phi) is 10.7. The van der Waals surface area contributed by atoms with Crippen molar-refractivity contribution in [2.24, 2.45) is 23.2 Å². The van der Waals surface area contributed by atoms with E-state index < -0.39 is 90.1 Å². The number of carbonyl (C=O) groups is 5. The number of ether oxygens (including phenoxy) is 1. The summed E-state index contributed by atoms with van der Waals surface area (Å²) < 4.78 is 30.2. The van der Waals surface area contributed by atoms with E-state index in [4.69, 9.17) is 27.9 Å². The van der Waals surface area contributed by atoms with Crippen molar-refractivity contribution < 1.29 is 37.1 Å². The van der Waals surface area contributed by atoms with Gasteiger partial charge in [0, 0.05) is 24.9 Å². The average molecular weight is 735 g/mol. The molecule has 6 atom stereocenters. The number of Topliss-reactive ketones (excluding diaryl/α,β-unsaturated/α-hetero) is 1. The number of carbonyl (C=O) groups excluding carboxylic acids is 5. The van der Waals surface area contributed by atoms with Gasteiger partial charge >= 0.3 is 6.03 Å². The summed E-state index contributed by atoms with van der Waals surface area (Å²) >= 11 is 13.1. The van der Waals surface area contributed by atoms with Crippen molar-refractivity contribution in [1.29, 1.82) is 0 Å². The van der Waals surface area contributed by atoms with Crippen molar-refractivity contribution in [2.75, 3.05) is 25.4 Å². The number of hydrogen-bond acceptors (Lipinski definition) is 8. The van der Waals surface area contributed by atoms with Crippen molar-refractivity contribution in [3.63, 3.8) is 0 Å². The van der Waals surface area contributed by atoms with E-state index >= 15 is 0 Å². The van der Waals surface area contributed by atoms with Gasteiger partial charge in [0.1, 0.15) is 16.4 Å². The van der Waals surface area contributed by atoms with Crippen molar-refractivity contribution in [1.82, 2.24) is 26.2 Å². The molecular weight excluding hydrogens is 685 g/mol. The van der Waals surface area contributed by atoms with E-state index in [1.165, 1.54) is 4.90 Å². The molecule has 0 bridgehead atoms. The zero-order valence-electron chi connectivity index (χ0n) is 28.1. The molecule has 5 amide bonds. The molecule has 2 saturated heterocycles. The molecule has 0 spiro atoms. The Morgan fingerprint density at radius 3 is 2.25 bits per heavy atom. The Morgan fingerprint density at radius 1 is 1.02 bits per heavy atom. The standard InChI is InChI=1S/C32H49Cl2N5O8S/c1-5-13-35-26(42)23(40)20(16-18-9-10-18)36-25(41)22-21-19(32(21,33)34)17-39(22)27(43)24(30(2,3)4)37-29(44)38-31(11-7-6-8-12-31)28-47-14-15-48(28,45)46/h18-22,24,28H,5-17H2,1-4H3,(H,35,42)(H,36,41)(H2,37,38,44)/t19-,20-,21-,22-,24+,28?/m0/s1. The largest absolute Gasteiger partial charge is 0.359 e. The molecule has 5 rings (SSSR count). The van der Waals surface area contributed by atoms with Gasteiger partial charge in [0.2, 0.25) is 17.6 Å². The normalized spacial score (nSPS) is 29.6. The zero-order valence-corrected chi connectivity index (χ0v) is 30.4. The van der Waals surface area contributed by atoms with Gasteiger partial charge in [-0.1, -0.05) is 59.8 Å². The van der Waals surface area contributed by atoms with Gasteiger partial charge in [-0.05, 0) is 37.0 Å². The van der Waals surface area contributed by atoms with Crippen LogP contribution in [0.4, 0.5) is 4.79 Å². The van der Waals surface area contributed by atoms with Crippen LogP contribution in [0.2, 0.25) is 0 Å². The van der Waals surface area contributed by atoms with Crippen LogP contribution in [-0.2, 0) is 33.8 Å². The number of rotatable bonds is 12. The van der Waals surface area contributed by atoms with E-state index in [0.717, 1.165) is 19.3 Å². The van der Waals surface area contributed by atoms with Gasteiger partial charge < -0.3 is 30.9 Å². The minimum absolute atomic E-state index is 0.0563. The smallest absolute Gasteiger partial charge is 0.316 e. The van der Waals surface area contributed by atoms with Crippen molar-refractivity contribution in [3.8, 4) is 0 Å². The van der Waals surface area contributed by atoms with Crippen LogP contribution < -0.4 is 21.3 Å². The molecule has 2 aliphatic heterocycles. The fraction of sp³-hybridized carbons (Fsp3) is 0.844. The molecule has 270 valence electrons. The molecule has 0 radical (unpaired) electrons. The molecule has 13 nitrogen and oxygen atoms in total. The number of fused-ring (bicyclic) bond motifs is 1. The van der Waals surface area contributed by atoms with E-state index in [2.05, 4.69) is 21.3 Å². The molecule has 16 heteroatoms. The van der Waals surface area contributed by atoms with Crippen molar-refractivity contribution >= 4 is 62.6 Å². The highest BCUT2D eigenvalue weighted by Gasteiger charge is 2.74. The van der Waals surface area contributed by atoms with Crippen LogP contribution in [0.1, 0.15) is 85.5 Å². The molecule has 4 N–H and O–H groups in total. The maximum Gasteiger partial charge on any atom is 0.316 e. The Labute approximate surface area is 292 Å². The van der Waals surface area contributed by atoms with E-state index in [1.807, 2.05) is 6.92 Å². The number of nitrogens with zero attached hydrogens (tertiary/aromatic N) is 1. The van der Waals surface area contributed by atoms with E-state index in [-0.39, 0.29) is 24.8 Å². The van der Waals surface area contributed by atoms with E-state index in [0.29, 0.717) is 45.1 Å². The fourth-order valence-corrected chi connectivity index (χ4v) is 10.2. The lowest BCUT2D eigenvalue weighted by molar-refractivity contribution is -0.144. The minimum atomic E-state index is -3.59. The number of amides is 5. The summed E-state index contributed by atoms with van der Waals surface area (Å²) in [5, 5.41) is 11.0. The highest BCUT2D eigenvalue weighted by Crippen LogP contribution is 2.65. The molecule has 2 heterocycles. The Hall–Kier alpha value is -2.16. The third kappa shape index (κ3) is 7.61. The number of hydrogen-bond donors (Lipinski definition) is 4. The first-order chi connectivity index (χ1) is 22.4. The van der Waals surface area contributed by atoms with Crippen LogP contribution in [0, 0.1) is 23.2 Å². The predicted molar refractivity (Wildman–Crippen MR) is 179 cm³/mol. The number of urea groups is 1. The molecule has 0 aromatic rings. The van der Waals surface area contributed by atoms with Gasteiger partial charge in [-0.2, -0.15) is 0 Å². The van der Waals surface area contributed by atoms with Crippen molar-refractivity contribution in [2.45, 2.75) is 119 Å². The predicted octanol–water partition coefficient (Wildman–Crippen LogP) is 2.19. The van der Waals surface area contributed by atoms with Gasteiger partial charge in [-0.15, -0.1) is 23.2 Å². The SMILES string of the molecule is CCCNC(=O)C(=O)[C@H](CC1CC1)NC(=O)[C@@H]1[C@@H]2[C@H](CN1C(=O)[C@@H](NC(=O)NC1(C3OCCS3(=O)=O)CCCCC1)C(C)(C)C)C2(Cl)Cl. The number of ketones is 1. The van der Waals surface area contributed by atoms with Crippen LogP contribution in [0.15, 0.2) is 0 Å². The topological polar surface area (TPSA) is 180 Å². The molecule has 5 aliphatic rings. The van der Waals surface area contributed by atoms with Crippen LogP contribution >= 0.6 is 23.2 Å². The highest BCUT2D eigenvalue weighted by molar-refractivity contribution is 7.92. The lowest BCUT2D eigenvalue weighted by Gasteiger charge is -2.42. The first-order valence-electron chi connectivity index (χ1n) is 17.2. The summed E-state index contributed by atoms with van der Waals surface area (Å²) in [4.78, 5) is 69.1. The molecule has 48 heavy (non-hydrogen) atoms. The number of piperidine rings is 1. The molecule has 0 aromatic heterocycles. The van der Waals surface area contributed by atoms with Gasteiger partial charge in [0.15, 0.2) is 15.3 Å². The molecule has 0 aromatic carbocycles. The van der Waals surface area contributed by atoms with Gasteiger partial charge in [0.25, 0.3) is 5.91 Å². The molecule has 3 saturated carbocycles. The maximum absolute atomic E-state index is 14.4. The summed E-state index contributed by atoms with van der Waals surface area (Å²) in [6, 6.07) is -4.05. The van der Waals surface area contributed by atoms with Crippen LogP contribution in [0.3, 0.4) is 0 Å². The first-order valence-corrected chi connectivity index (χ1v) is 19.6. The summed E-state index contributed by atoms with van der Waals surface area (Å²) in [7, 11) is -3.59. The number of likely N-dealkylation sites (tertiary alicyclic amines) is 1. The maximum atomic E-state index is 14.4. The second-order valence-corrected chi connectivity index (χ2v) is 18.9. The second kappa shape index (κ2) is 13.9. The monoisotopic (exact) mass is 733 g/mol. The lowest BCUT2D eigenvalue weighted by Crippen LogP contribution is -2.65. The van der Waals surface area contributed by atoms with Gasteiger partial charge in [-0.3, -0.25) is 19.2 Å². The molecule has 1 unspecified atom stereocenters. The third-order valence-corrected chi connectivity index (χ3v) is 13.5. The second-order valence-electron chi connectivity index (χ2n) is 15.3. The van der Waals surface area contributed by atoms with E-state index in [9.17, 15) is 32.4 Å². The number of alkyl halides is 2. The lowest BCUT2D eigenvalue weighted by atomic mass is 9.82. The third-order valence-electron chi connectivity index (χ3n) is 10.5. The molecular formula is C32H49Cl2N5O8S. The Bertz CT molecular complexity index is 1410. The quantitative estimate of drug-likeness (QED) is 0.174. The van der Waals surface area contributed by atoms with Gasteiger partial charge in [0.05, 0.1) is 23.9 Å². The summed E-state index contributed by atoms with van der Waals surface area (Å²) in [5.74, 6) is -3.62. The number of nitrogens with one attached hydrogen (secondary N) is 4. The zero-order chi connectivity index (χ0) is 35.2. The van der Waals surface area contributed by atoms with E-state index in [1.54, 1.807) is 20.8 Å². The number of halogens is 2. The highest BCUT2D eigenvalue weighted by atomic mass is 35.5. The average Bonchev–Trinajstić information content (AvgIpc) is 3.79. The number of sulfone groups is 1.